The molecule has 2 N–H and O–H groups in total. The monoisotopic (exact) mass is 439 g/mol. The number of nitrogen functional groups attached to an aromatic ring is 1. The van der Waals surface area contributed by atoms with E-state index in [4.69, 9.17) is 24.7 Å². The number of carbonyl (C=O) groups is 3. The van der Waals surface area contributed by atoms with Crippen LogP contribution < -0.4 is 5.73 Å². The third-order valence-corrected chi connectivity index (χ3v) is 4.77. The molecule has 2 aromatic heterocycles. The van der Waals surface area contributed by atoms with Crippen molar-refractivity contribution in [3.05, 3.63) is 6.33 Å². The van der Waals surface area contributed by atoms with Gasteiger partial charge in [-0.3, -0.25) is 19.0 Å². The second kappa shape index (κ2) is 8.83. The third-order valence-electron chi connectivity index (χ3n) is 4.23. The SMILES string of the molecule is CSc1nc(N)c2ncn([C@@H]3O[C@H](COC(C)=O)[C@@H](OC(C)=O)[C@H]3OC(C)=O)c2n1. The van der Waals surface area contributed by atoms with E-state index < -0.39 is 42.4 Å². The second-order valence-corrected chi connectivity index (χ2v) is 7.21. The van der Waals surface area contributed by atoms with E-state index in [0.717, 1.165) is 0 Å². The summed E-state index contributed by atoms with van der Waals surface area (Å²) in [6.45, 7) is 3.47. The molecule has 0 radical (unpaired) electrons. The minimum absolute atomic E-state index is 0.179. The Labute approximate surface area is 175 Å². The van der Waals surface area contributed by atoms with Gasteiger partial charge in [-0.05, 0) is 6.26 Å². The number of fused-ring (bicyclic) bond motifs is 1. The molecule has 0 aromatic carbocycles. The maximum atomic E-state index is 11.8. The number of carbonyl (C=O) groups excluding carboxylic acids is 3. The number of hydrogen-bond acceptors (Lipinski definition) is 12. The van der Waals surface area contributed by atoms with Crippen molar-refractivity contribution in [2.45, 2.75) is 50.5 Å². The van der Waals surface area contributed by atoms with Crippen molar-refractivity contribution >= 4 is 46.7 Å². The number of esters is 3. The Hall–Kier alpha value is -2.93. The van der Waals surface area contributed by atoms with E-state index in [2.05, 4.69) is 15.0 Å². The molecule has 3 heterocycles. The molecule has 2 aromatic rings. The van der Waals surface area contributed by atoms with Crippen LogP contribution in [-0.4, -0.2) is 68.6 Å². The fourth-order valence-electron chi connectivity index (χ4n) is 3.11. The summed E-state index contributed by atoms with van der Waals surface area (Å²) in [6.07, 6.45) is -0.705. The van der Waals surface area contributed by atoms with Crippen LogP contribution in [-0.2, 0) is 33.3 Å². The van der Waals surface area contributed by atoms with Crippen LogP contribution in [0.5, 0.6) is 0 Å². The van der Waals surface area contributed by atoms with E-state index in [-0.39, 0.29) is 12.4 Å². The Kier molecular flexibility index (Phi) is 6.41. The highest BCUT2D eigenvalue weighted by molar-refractivity contribution is 7.98. The van der Waals surface area contributed by atoms with E-state index in [9.17, 15) is 14.4 Å². The molecule has 1 aliphatic rings. The molecule has 0 bridgehead atoms. The van der Waals surface area contributed by atoms with Gasteiger partial charge in [-0.2, -0.15) is 0 Å². The number of anilines is 1. The van der Waals surface area contributed by atoms with Gasteiger partial charge in [0.1, 0.15) is 18.2 Å². The normalized spacial score (nSPS) is 23.3. The van der Waals surface area contributed by atoms with Gasteiger partial charge >= 0.3 is 17.9 Å². The molecular formula is C17H21N5O7S. The van der Waals surface area contributed by atoms with Crippen LogP contribution in [0.25, 0.3) is 11.2 Å². The number of nitrogens with zero attached hydrogens (tertiary/aromatic N) is 4. The molecule has 1 fully saturated rings. The molecule has 0 saturated carbocycles. The van der Waals surface area contributed by atoms with Crippen LogP contribution in [0.15, 0.2) is 11.5 Å². The first-order valence-electron chi connectivity index (χ1n) is 8.88. The number of nitrogens with two attached hydrogens (primary N) is 1. The van der Waals surface area contributed by atoms with Crippen LogP contribution >= 0.6 is 11.8 Å². The summed E-state index contributed by atoms with van der Waals surface area (Å²) < 4.78 is 23.3. The minimum Gasteiger partial charge on any atom is -0.463 e. The lowest BCUT2D eigenvalue weighted by Crippen LogP contribution is -2.40. The molecule has 0 amide bonds. The lowest BCUT2D eigenvalue weighted by atomic mass is 10.1. The van der Waals surface area contributed by atoms with Crippen molar-refractivity contribution in [1.29, 1.82) is 0 Å². The lowest BCUT2D eigenvalue weighted by molar-refractivity contribution is -0.166. The van der Waals surface area contributed by atoms with E-state index in [1.165, 1.54) is 43.4 Å². The van der Waals surface area contributed by atoms with Gasteiger partial charge < -0.3 is 24.7 Å². The van der Waals surface area contributed by atoms with Gasteiger partial charge in [0.25, 0.3) is 0 Å². The van der Waals surface area contributed by atoms with Crippen molar-refractivity contribution < 1.29 is 33.3 Å². The molecule has 0 unspecified atom stereocenters. The number of imidazole rings is 1. The summed E-state index contributed by atoms with van der Waals surface area (Å²) in [6, 6.07) is 0. The van der Waals surface area contributed by atoms with Crippen LogP contribution in [0.4, 0.5) is 5.82 Å². The Morgan fingerprint density at radius 1 is 1.13 bits per heavy atom. The molecule has 1 saturated heterocycles. The molecule has 12 nitrogen and oxygen atoms in total. The van der Waals surface area contributed by atoms with E-state index in [1.54, 1.807) is 6.26 Å². The number of rotatable bonds is 6. The van der Waals surface area contributed by atoms with E-state index >= 15 is 0 Å². The first-order chi connectivity index (χ1) is 14.2. The van der Waals surface area contributed by atoms with Gasteiger partial charge in [0.2, 0.25) is 0 Å². The zero-order valence-electron chi connectivity index (χ0n) is 16.7. The van der Waals surface area contributed by atoms with E-state index in [0.29, 0.717) is 16.3 Å². The van der Waals surface area contributed by atoms with Crippen molar-refractivity contribution in [2.75, 3.05) is 18.6 Å². The maximum Gasteiger partial charge on any atom is 0.303 e. The molecule has 3 rings (SSSR count). The molecule has 0 spiro atoms. The first kappa shape index (κ1) is 21.8. The third kappa shape index (κ3) is 4.46. The molecule has 30 heavy (non-hydrogen) atoms. The van der Waals surface area contributed by atoms with Gasteiger partial charge in [0.15, 0.2) is 35.1 Å². The van der Waals surface area contributed by atoms with Gasteiger partial charge in [-0.15, -0.1) is 0 Å². The number of ether oxygens (including phenoxy) is 4. The minimum atomic E-state index is -1.04. The summed E-state index contributed by atoms with van der Waals surface area (Å²) >= 11 is 1.29. The number of aromatic nitrogens is 4. The average molecular weight is 439 g/mol. The Balaban J connectivity index is 2.05. The molecule has 4 atom stereocenters. The Morgan fingerprint density at radius 3 is 2.40 bits per heavy atom. The van der Waals surface area contributed by atoms with Crippen LogP contribution in [0, 0.1) is 0 Å². The average Bonchev–Trinajstić information content (AvgIpc) is 3.21. The first-order valence-corrected chi connectivity index (χ1v) is 10.1. The fraction of sp³-hybridized carbons (Fsp3) is 0.529. The highest BCUT2D eigenvalue weighted by Gasteiger charge is 2.51. The van der Waals surface area contributed by atoms with Crippen LogP contribution in [0.3, 0.4) is 0 Å². The summed E-state index contributed by atoms with van der Waals surface area (Å²) in [4.78, 5) is 47.5. The summed E-state index contributed by atoms with van der Waals surface area (Å²) in [5, 5.41) is 0.414. The van der Waals surface area contributed by atoms with Gasteiger partial charge in [0, 0.05) is 20.8 Å². The highest BCUT2D eigenvalue weighted by atomic mass is 32.2. The summed E-state index contributed by atoms with van der Waals surface area (Å²) in [7, 11) is 0. The standard InChI is InChI=1S/C17H21N5O7S/c1-7(23)26-5-10-12(27-8(2)24)13(28-9(3)25)16(29-10)22-6-19-11-14(18)20-17(30-4)21-15(11)22/h6,10,12-13,16H,5H2,1-4H3,(H2,18,20,21)/t10-,12-,13-,16-/m1/s1. The predicted molar refractivity (Wildman–Crippen MR) is 103 cm³/mol. The van der Waals surface area contributed by atoms with Gasteiger partial charge in [-0.1, -0.05) is 11.8 Å². The molecule has 13 heteroatoms. The largest absolute Gasteiger partial charge is 0.463 e. The molecule has 0 aliphatic carbocycles. The number of hydrogen-bond donors (Lipinski definition) is 1. The second-order valence-electron chi connectivity index (χ2n) is 6.44. The topological polar surface area (TPSA) is 158 Å². The zero-order chi connectivity index (χ0) is 22.0. The quantitative estimate of drug-likeness (QED) is 0.287. The number of thioether (sulfide) groups is 1. The lowest BCUT2D eigenvalue weighted by Gasteiger charge is -2.23. The Bertz CT molecular complexity index is 981. The molecule has 162 valence electrons. The zero-order valence-corrected chi connectivity index (χ0v) is 17.5. The highest BCUT2D eigenvalue weighted by Crippen LogP contribution is 2.36. The predicted octanol–water partition coefficient (Wildman–Crippen LogP) is 0.454. The van der Waals surface area contributed by atoms with Crippen molar-refractivity contribution in [2.24, 2.45) is 0 Å². The fourth-order valence-corrected chi connectivity index (χ4v) is 3.48. The van der Waals surface area contributed by atoms with Crippen molar-refractivity contribution in [3.8, 4) is 0 Å². The van der Waals surface area contributed by atoms with Crippen LogP contribution in [0.1, 0.15) is 27.0 Å². The molecular weight excluding hydrogens is 418 g/mol. The smallest absolute Gasteiger partial charge is 0.303 e. The summed E-state index contributed by atoms with van der Waals surface area (Å²) in [5.41, 5.74) is 6.66. The van der Waals surface area contributed by atoms with E-state index in [1.807, 2.05) is 0 Å². The van der Waals surface area contributed by atoms with Crippen LogP contribution in [0.2, 0.25) is 0 Å². The van der Waals surface area contributed by atoms with Gasteiger partial charge in [-0.25, -0.2) is 15.0 Å². The summed E-state index contributed by atoms with van der Waals surface area (Å²) in [5.74, 6) is -1.58. The molecule has 1 aliphatic heterocycles. The maximum absolute atomic E-state index is 11.8. The van der Waals surface area contributed by atoms with Crippen molar-refractivity contribution in [3.63, 3.8) is 0 Å². The van der Waals surface area contributed by atoms with Gasteiger partial charge in [0.05, 0.1) is 6.33 Å². The van der Waals surface area contributed by atoms with Crippen molar-refractivity contribution in [1.82, 2.24) is 19.5 Å². The Morgan fingerprint density at radius 2 is 1.80 bits per heavy atom.